The average Bonchev–Trinajstić information content (AvgIpc) is 2.48. The largest absolute Gasteiger partial charge is 0.349 e. The summed E-state index contributed by atoms with van der Waals surface area (Å²) in [6.45, 7) is 0. The van der Waals surface area contributed by atoms with Gasteiger partial charge < -0.3 is 4.57 Å². The fraction of sp³-hybridized carbons (Fsp3) is 0.111. The Labute approximate surface area is 69.6 Å². The molecule has 0 fully saturated rings. The van der Waals surface area contributed by atoms with Gasteiger partial charge in [-0.25, -0.2) is 0 Å². The zero-order valence-corrected chi connectivity index (χ0v) is 6.69. The monoisotopic (exact) mass is 160 g/mol. The number of nitrogens with zero attached hydrogens (tertiary/aromatic N) is 2. The smallest absolute Gasteiger partial charge is 0.152 e. The van der Waals surface area contributed by atoms with Crippen LogP contribution in [0.2, 0.25) is 0 Å². The number of carbonyl (C=O) groups is 1. The van der Waals surface area contributed by atoms with E-state index in [1.165, 1.54) is 0 Å². The van der Waals surface area contributed by atoms with Gasteiger partial charge in [0.05, 0.1) is 11.7 Å². The molecular weight excluding hydrogens is 152 g/mol. The molecule has 0 aromatic carbocycles. The molecule has 2 aromatic rings. The molecule has 2 rings (SSSR count). The number of rotatable bonds is 1. The van der Waals surface area contributed by atoms with Gasteiger partial charge in [0.15, 0.2) is 6.29 Å². The molecule has 2 heterocycles. The van der Waals surface area contributed by atoms with Crippen LogP contribution in [0.3, 0.4) is 0 Å². The normalized spacial score (nSPS) is 10.4. The maximum atomic E-state index is 10.6. The van der Waals surface area contributed by atoms with E-state index < -0.39 is 0 Å². The van der Waals surface area contributed by atoms with Crippen molar-refractivity contribution in [2.24, 2.45) is 7.05 Å². The van der Waals surface area contributed by atoms with Crippen molar-refractivity contribution in [1.82, 2.24) is 9.55 Å². The highest BCUT2D eigenvalue weighted by molar-refractivity contribution is 5.96. The van der Waals surface area contributed by atoms with Gasteiger partial charge in [-0.3, -0.25) is 9.78 Å². The molecule has 0 aliphatic heterocycles. The van der Waals surface area contributed by atoms with Gasteiger partial charge in [0.25, 0.3) is 0 Å². The lowest BCUT2D eigenvalue weighted by Crippen LogP contribution is -1.87. The summed E-state index contributed by atoms with van der Waals surface area (Å²) in [6, 6.07) is 1.92. The summed E-state index contributed by atoms with van der Waals surface area (Å²) >= 11 is 0. The van der Waals surface area contributed by atoms with Crippen LogP contribution in [0, 0.1) is 0 Å². The second kappa shape index (κ2) is 2.44. The summed E-state index contributed by atoms with van der Waals surface area (Å²) in [6.07, 6.45) is 6.08. The minimum Gasteiger partial charge on any atom is -0.349 e. The Morgan fingerprint density at radius 3 is 3.08 bits per heavy atom. The first kappa shape index (κ1) is 7.03. The van der Waals surface area contributed by atoms with E-state index in [1.807, 2.05) is 23.9 Å². The minimum atomic E-state index is 0.646. The number of aryl methyl sites for hydroxylation is 1. The van der Waals surface area contributed by atoms with Crippen molar-refractivity contribution in [3.05, 3.63) is 30.2 Å². The predicted molar refractivity (Wildman–Crippen MR) is 46.1 cm³/mol. The van der Waals surface area contributed by atoms with Gasteiger partial charge in [-0.05, 0) is 6.07 Å². The van der Waals surface area contributed by atoms with Gasteiger partial charge in [-0.2, -0.15) is 0 Å². The van der Waals surface area contributed by atoms with E-state index in [-0.39, 0.29) is 0 Å². The first-order valence-electron chi connectivity index (χ1n) is 3.67. The Hall–Kier alpha value is -1.64. The second-order valence-corrected chi connectivity index (χ2v) is 2.71. The topological polar surface area (TPSA) is 34.9 Å². The van der Waals surface area contributed by atoms with Crippen LogP contribution in [0.5, 0.6) is 0 Å². The Kier molecular flexibility index (Phi) is 1.43. The molecule has 0 radical (unpaired) electrons. The maximum absolute atomic E-state index is 10.6. The van der Waals surface area contributed by atoms with Crippen molar-refractivity contribution in [2.75, 3.05) is 0 Å². The van der Waals surface area contributed by atoms with Crippen molar-refractivity contribution in [2.45, 2.75) is 0 Å². The third-order valence-electron chi connectivity index (χ3n) is 1.97. The lowest BCUT2D eigenvalue weighted by Gasteiger charge is -1.95. The summed E-state index contributed by atoms with van der Waals surface area (Å²) in [7, 11) is 1.93. The molecule has 0 aliphatic carbocycles. The highest BCUT2D eigenvalue weighted by atomic mass is 16.1. The van der Waals surface area contributed by atoms with Crippen molar-refractivity contribution < 1.29 is 4.79 Å². The van der Waals surface area contributed by atoms with E-state index in [1.54, 1.807) is 12.4 Å². The SMILES string of the molecule is Cn1ccc2c(C=O)cncc21. The van der Waals surface area contributed by atoms with E-state index in [2.05, 4.69) is 4.98 Å². The van der Waals surface area contributed by atoms with Crippen molar-refractivity contribution in [1.29, 1.82) is 0 Å². The molecule has 0 amide bonds. The predicted octanol–water partition coefficient (Wildman–Crippen LogP) is 1.39. The molecule has 0 N–H and O–H groups in total. The lowest BCUT2D eigenvalue weighted by molar-refractivity contribution is 0.112. The average molecular weight is 160 g/mol. The third kappa shape index (κ3) is 0.830. The molecule has 0 bridgehead atoms. The van der Waals surface area contributed by atoms with Crippen molar-refractivity contribution in [3.63, 3.8) is 0 Å². The zero-order valence-electron chi connectivity index (χ0n) is 6.69. The fourth-order valence-corrected chi connectivity index (χ4v) is 1.30. The summed E-state index contributed by atoms with van der Waals surface area (Å²) in [5.74, 6) is 0. The van der Waals surface area contributed by atoms with Crippen LogP contribution in [-0.2, 0) is 7.05 Å². The van der Waals surface area contributed by atoms with Crippen LogP contribution in [-0.4, -0.2) is 15.8 Å². The molecule has 0 saturated heterocycles. The maximum Gasteiger partial charge on any atom is 0.152 e. The number of aldehydes is 1. The molecule has 0 unspecified atom stereocenters. The summed E-state index contributed by atoms with van der Waals surface area (Å²) < 4.78 is 1.94. The van der Waals surface area contributed by atoms with Gasteiger partial charge >= 0.3 is 0 Å². The second-order valence-electron chi connectivity index (χ2n) is 2.71. The van der Waals surface area contributed by atoms with Gasteiger partial charge in [0, 0.05) is 30.4 Å². The number of pyridine rings is 1. The quantitative estimate of drug-likeness (QED) is 0.591. The first-order chi connectivity index (χ1) is 5.83. The van der Waals surface area contributed by atoms with Crippen LogP contribution in [0.25, 0.3) is 10.9 Å². The summed E-state index contributed by atoms with van der Waals surface area (Å²) in [5.41, 5.74) is 1.63. The Morgan fingerprint density at radius 1 is 1.50 bits per heavy atom. The third-order valence-corrected chi connectivity index (χ3v) is 1.97. The van der Waals surface area contributed by atoms with E-state index in [0.29, 0.717) is 5.56 Å². The number of hydrogen-bond acceptors (Lipinski definition) is 2. The van der Waals surface area contributed by atoms with Gasteiger partial charge in [-0.15, -0.1) is 0 Å². The van der Waals surface area contributed by atoms with Crippen LogP contribution in [0.1, 0.15) is 10.4 Å². The Balaban J connectivity index is 2.89. The Morgan fingerprint density at radius 2 is 2.33 bits per heavy atom. The van der Waals surface area contributed by atoms with Crippen LogP contribution in [0.15, 0.2) is 24.7 Å². The minimum absolute atomic E-state index is 0.646. The molecule has 0 saturated carbocycles. The molecule has 0 spiro atoms. The fourth-order valence-electron chi connectivity index (χ4n) is 1.30. The molecule has 3 heteroatoms. The summed E-state index contributed by atoms with van der Waals surface area (Å²) in [4.78, 5) is 14.5. The standard InChI is InChI=1S/C9H8N2O/c1-11-3-2-8-7(6-12)4-10-5-9(8)11/h2-6H,1H3. The van der Waals surface area contributed by atoms with Crippen LogP contribution < -0.4 is 0 Å². The number of fused-ring (bicyclic) bond motifs is 1. The molecule has 3 nitrogen and oxygen atoms in total. The van der Waals surface area contributed by atoms with E-state index in [9.17, 15) is 4.79 Å². The van der Waals surface area contributed by atoms with E-state index >= 15 is 0 Å². The van der Waals surface area contributed by atoms with Crippen LogP contribution in [0.4, 0.5) is 0 Å². The Bertz CT molecular complexity index is 431. The van der Waals surface area contributed by atoms with E-state index in [4.69, 9.17) is 0 Å². The number of hydrogen-bond donors (Lipinski definition) is 0. The lowest BCUT2D eigenvalue weighted by atomic mass is 10.2. The molecule has 0 aliphatic rings. The van der Waals surface area contributed by atoms with Gasteiger partial charge in [-0.1, -0.05) is 0 Å². The number of carbonyl (C=O) groups excluding carboxylic acids is 1. The van der Waals surface area contributed by atoms with Crippen molar-refractivity contribution >= 4 is 17.2 Å². The van der Waals surface area contributed by atoms with E-state index in [0.717, 1.165) is 17.2 Å². The van der Waals surface area contributed by atoms with Crippen molar-refractivity contribution in [3.8, 4) is 0 Å². The molecule has 60 valence electrons. The van der Waals surface area contributed by atoms with Crippen LogP contribution >= 0.6 is 0 Å². The molecule has 12 heavy (non-hydrogen) atoms. The molecule has 2 aromatic heterocycles. The first-order valence-corrected chi connectivity index (χ1v) is 3.67. The highest BCUT2D eigenvalue weighted by Crippen LogP contribution is 2.15. The summed E-state index contributed by atoms with van der Waals surface area (Å²) in [5, 5.41) is 0.961. The molecule has 0 atom stereocenters. The zero-order chi connectivity index (χ0) is 8.55. The van der Waals surface area contributed by atoms with Gasteiger partial charge in [0.2, 0.25) is 0 Å². The highest BCUT2D eigenvalue weighted by Gasteiger charge is 2.01. The van der Waals surface area contributed by atoms with Gasteiger partial charge in [0.1, 0.15) is 0 Å². The number of aromatic nitrogens is 2. The molecular formula is C9H8N2O.